The van der Waals surface area contributed by atoms with E-state index < -0.39 is 0 Å². The molecule has 3 heterocycles. The van der Waals surface area contributed by atoms with Crippen LogP contribution in [0.3, 0.4) is 0 Å². The number of pyridine rings is 1. The number of rotatable bonds is 4. The molecule has 0 aliphatic carbocycles. The van der Waals surface area contributed by atoms with E-state index in [4.69, 9.17) is 10.00 Å². The van der Waals surface area contributed by atoms with Gasteiger partial charge in [-0.1, -0.05) is 0 Å². The van der Waals surface area contributed by atoms with Gasteiger partial charge in [0.2, 0.25) is 0 Å². The molecule has 1 aliphatic heterocycles. The average molecular weight is 312 g/mol. The van der Waals surface area contributed by atoms with E-state index in [1.807, 2.05) is 27.0 Å². The lowest BCUT2D eigenvalue weighted by atomic mass is 10.0. The molecule has 0 amide bonds. The molecular formula is C16H20N6O. The molecule has 2 aromatic heterocycles. The molecule has 0 saturated carbocycles. The van der Waals surface area contributed by atoms with E-state index in [9.17, 15) is 0 Å². The van der Waals surface area contributed by atoms with Crippen molar-refractivity contribution in [2.45, 2.75) is 32.3 Å². The first-order valence-electron chi connectivity index (χ1n) is 7.68. The van der Waals surface area contributed by atoms with E-state index in [2.05, 4.69) is 31.1 Å². The van der Waals surface area contributed by atoms with Crippen molar-refractivity contribution >= 4 is 5.82 Å². The van der Waals surface area contributed by atoms with Crippen molar-refractivity contribution in [2.24, 2.45) is 0 Å². The smallest absolute Gasteiger partial charge is 0.156 e. The predicted molar refractivity (Wildman–Crippen MR) is 85.2 cm³/mol. The summed E-state index contributed by atoms with van der Waals surface area (Å²) in [5.41, 5.74) is 1.35. The van der Waals surface area contributed by atoms with Crippen LogP contribution in [0.25, 0.3) is 0 Å². The first-order chi connectivity index (χ1) is 11.1. The van der Waals surface area contributed by atoms with E-state index in [0.717, 1.165) is 36.2 Å². The molecule has 1 aliphatic rings. The average Bonchev–Trinajstić information content (AvgIpc) is 3.15. The largest absolute Gasteiger partial charge is 0.376 e. The van der Waals surface area contributed by atoms with Gasteiger partial charge in [-0.25, -0.2) is 9.97 Å². The van der Waals surface area contributed by atoms with Gasteiger partial charge in [0.05, 0.1) is 23.3 Å². The van der Waals surface area contributed by atoms with Crippen LogP contribution in [-0.4, -0.2) is 46.5 Å². The lowest BCUT2D eigenvalue weighted by Crippen LogP contribution is -2.32. The Bertz CT molecular complexity index is 734. The molecule has 0 bridgehead atoms. The van der Waals surface area contributed by atoms with Crippen LogP contribution < -0.4 is 4.90 Å². The Hall–Kier alpha value is -2.46. The minimum Gasteiger partial charge on any atom is -0.376 e. The SMILES string of the molecule is Cc1nc([C@@H]2CCO[C@@H]2CN(C)c2ccc(C#N)c(C)n2)n[nH]1. The fourth-order valence-electron chi connectivity index (χ4n) is 2.89. The van der Waals surface area contributed by atoms with Crippen LogP contribution in [-0.2, 0) is 4.74 Å². The molecule has 1 fully saturated rings. The number of hydrogen-bond acceptors (Lipinski definition) is 6. The van der Waals surface area contributed by atoms with Crippen LogP contribution >= 0.6 is 0 Å². The summed E-state index contributed by atoms with van der Waals surface area (Å²) in [6.07, 6.45) is 0.961. The molecule has 0 radical (unpaired) electrons. The minimum atomic E-state index is 0.0351. The van der Waals surface area contributed by atoms with Gasteiger partial charge in [0.25, 0.3) is 0 Å². The Morgan fingerprint density at radius 3 is 2.87 bits per heavy atom. The van der Waals surface area contributed by atoms with Crippen molar-refractivity contribution in [3.05, 3.63) is 35.0 Å². The zero-order valence-electron chi connectivity index (χ0n) is 13.6. The molecule has 0 unspecified atom stereocenters. The number of aromatic nitrogens is 4. The molecule has 2 atom stereocenters. The Kier molecular flexibility index (Phi) is 4.26. The lowest BCUT2D eigenvalue weighted by molar-refractivity contribution is 0.108. The molecule has 0 spiro atoms. The van der Waals surface area contributed by atoms with Crippen molar-refractivity contribution < 1.29 is 4.74 Å². The van der Waals surface area contributed by atoms with Gasteiger partial charge >= 0.3 is 0 Å². The Morgan fingerprint density at radius 2 is 2.22 bits per heavy atom. The standard InChI is InChI=1S/C16H20N6O/c1-10-12(8-17)4-5-15(18-10)22(3)9-14-13(6-7-23-14)16-19-11(2)20-21-16/h4-5,13-14H,6-7,9H2,1-3H3,(H,19,20,21)/t13-,14-/m1/s1. The van der Waals surface area contributed by atoms with Crippen molar-refractivity contribution in [3.8, 4) is 6.07 Å². The van der Waals surface area contributed by atoms with Crippen molar-refractivity contribution in [1.29, 1.82) is 5.26 Å². The molecule has 2 aromatic rings. The second-order valence-corrected chi connectivity index (χ2v) is 5.88. The number of nitriles is 1. The van der Waals surface area contributed by atoms with E-state index in [0.29, 0.717) is 12.1 Å². The lowest BCUT2D eigenvalue weighted by Gasteiger charge is -2.24. The Morgan fingerprint density at radius 1 is 1.39 bits per heavy atom. The van der Waals surface area contributed by atoms with E-state index >= 15 is 0 Å². The highest BCUT2D eigenvalue weighted by atomic mass is 16.5. The number of H-pyrrole nitrogens is 1. The highest BCUT2D eigenvalue weighted by Gasteiger charge is 2.33. The van der Waals surface area contributed by atoms with Crippen LogP contribution in [0.1, 0.15) is 35.2 Å². The summed E-state index contributed by atoms with van der Waals surface area (Å²) < 4.78 is 5.88. The van der Waals surface area contributed by atoms with Gasteiger partial charge in [0.15, 0.2) is 5.82 Å². The summed E-state index contributed by atoms with van der Waals surface area (Å²) in [7, 11) is 1.98. The zero-order chi connectivity index (χ0) is 16.4. The maximum Gasteiger partial charge on any atom is 0.156 e. The third kappa shape index (κ3) is 3.17. The summed E-state index contributed by atoms with van der Waals surface area (Å²) in [6, 6.07) is 5.81. The van der Waals surface area contributed by atoms with Crippen molar-refractivity contribution in [3.63, 3.8) is 0 Å². The second kappa shape index (κ2) is 6.34. The molecule has 0 aromatic carbocycles. The normalized spacial score (nSPS) is 20.4. The summed E-state index contributed by atoms with van der Waals surface area (Å²) in [5, 5.41) is 16.2. The maximum atomic E-state index is 9.00. The third-order valence-corrected chi connectivity index (χ3v) is 4.19. The van der Waals surface area contributed by atoms with E-state index in [-0.39, 0.29) is 12.0 Å². The second-order valence-electron chi connectivity index (χ2n) is 5.88. The molecule has 3 rings (SSSR count). The molecule has 1 N–H and O–H groups in total. The van der Waals surface area contributed by atoms with Gasteiger partial charge < -0.3 is 9.64 Å². The maximum absolute atomic E-state index is 9.00. The number of nitrogens with zero attached hydrogens (tertiary/aromatic N) is 5. The summed E-state index contributed by atoms with van der Waals surface area (Å²) in [6.45, 7) is 5.17. The molecule has 23 heavy (non-hydrogen) atoms. The zero-order valence-corrected chi connectivity index (χ0v) is 13.6. The van der Waals surface area contributed by atoms with Crippen molar-refractivity contribution in [2.75, 3.05) is 25.1 Å². The third-order valence-electron chi connectivity index (χ3n) is 4.19. The number of hydrogen-bond donors (Lipinski definition) is 1. The molecule has 1 saturated heterocycles. The number of aryl methyl sites for hydroxylation is 2. The van der Waals surface area contributed by atoms with Gasteiger partial charge in [-0.05, 0) is 32.4 Å². The van der Waals surface area contributed by atoms with E-state index in [1.54, 1.807) is 6.07 Å². The van der Waals surface area contributed by atoms with Crippen LogP contribution in [0.5, 0.6) is 0 Å². The summed E-state index contributed by atoms with van der Waals surface area (Å²) in [5.74, 6) is 2.68. The van der Waals surface area contributed by atoms with Crippen LogP contribution in [0, 0.1) is 25.2 Å². The summed E-state index contributed by atoms with van der Waals surface area (Å²) >= 11 is 0. The first kappa shape index (κ1) is 15.4. The number of anilines is 1. The van der Waals surface area contributed by atoms with Crippen LogP contribution in [0.2, 0.25) is 0 Å². The van der Waals surface area contributed by atoms with Gasteiger partial charge in [0.1, 0.15) is 17.7 Å². The van der Waals surface area contributed by atoms with Gasteiger partial charge in [-0.15, -0.1) is 0 Å². The minimum absolute atomic E-state index is 0.0351. The highest BCUT2D eigenvalue weighted by molar-refractivity contribution is 5.44. The Balaban J connectivity index is 1.73. The van der Waals surface area contributed by atoms with Crippen LogP contribution in [0.15, 0.2) is 12.1 Å². The number of nitrogens with one attached hydrogen (secondary N) is 1. The van der Waals surface area contributed by atoms with Crippen molar-refractivity contribution in [1.82, 2.24) is 20.2 Å². The molecule has 7 heteroatoms. The molecular weight excluding hydrogens is 292 g/mol. The monoisotopic (exact) mass is 312 g/mol. The summed E-state index contributed by atoms with van der Waals surface area (Å²) in [4.78, 5) is 11.0. The fourth-order valence-corrected chi connectivity index (χ4v) is 2.89. The topological polar surface area (TPSA) is 90.7 Å². The molecule has 120 valence electrons. The number of ether oxygens (including phenoxy) is 1. The predicted octanol–water partition coefficient (Wildman–Crippen LogP) is 1.70. The number of aromatic amines is 1. The van der Waals surface area contributed by atoms with E-state index in [1.165, 1.54) is 0 Å². The molecule has 7 nitrogen and oxygen atoms in total. The number of likely N-dealkylation sites (N-methyl/N-ethyl adjacent to an activating group) is 1. The quantitative estimate of drug-likeness (QED) is 0.924. The van der Waals surface area contributed by atoms with Gasteiger partial charge in [0, 0.05) is 20.2 Å². The Labute approximate surface area is 135 Å². The fraction of sp³-hybridized carbons (Fsp3) is 0.500. The first-order valence-corrected chi connectivity index (χ1v) is 7.68. The van der Waals surface area contributed by atoms with Gasteiger partial charge in [-0.2, -0.15) is 10.4 Å². The van der Waals surface area contributed by atoms with Gasteiger partial charge in [-0.3, -0.25) is 5.10 Å². The van der Waals surface area contributed by atoms with Crippen LogP contribution in [0.4, 0.5) is 5.82 Å². The highest BCUT2D eigenvalue weighted by Crippen LogP contribution is 2.30.